The minimum atomic E-state index is 0.337. The molecule has 0 aliphatic carbocycles. The first-order valence-corrected chi connectivity index (χ1v) is 8.81. The summed E-state index contributed by atoms with van der Waals surface area (Å²) < 4.78 is 5.16. The molecule has 4 nitrogen and oxygen atoms in total. The van der Waals surface area contributed by atoms with Crippen LogP contribution in [0.25, 0.3) is 0 Å². The molecule has 1 aromatic carbocycles. The van der Waals surface area contributed by atoms with Gasteiger partial charge in [-0.3, -0.25) is 4.79 Å². The summed E-state index contributed by atoms with van der Waals surface area (Å²) in [7, 11) is 3.69. The van der Waals surface area contributed by atoms with Crippen molar-refractivity contribution in [1.82, 2.24) is 10.2 Å². The van der Waals surface area contributed by atoms with Gasteiger partial charge < -0.3 is 15.0 Å². The maximum Gasteiger partial charge on any atom is 0.222 e. The molecule has 128 valence electrons. The van der Waals surface area contributed by atoms with Crippen molar-refractivity contribution in [1.29, 1.82) is 0 Å². The molecule has 2 rings (SSSR count). The van der Waals surface area contributed by atoms with Gasteiger partial charge in [0.15, 0.2) is 0 Å². The van der Waals surface area contributed by atoms with E-state index in [4.69, 9.17) is 4.74 Å². The largest absolute Gasteiger partial charge is 0.497 e. The number of rotatable bonds is 8. The number of aryl methyl sites for hydroxylation is 1. The number of ether oxygens (including phenoxy) is 1. The van der Waals surface area contributed by atoms with Crippen molar-refractivity contribution in [3.05, 3.63) is 29.8 Å². The molecule has 1 N–H and O–H groups in total. The van der Waals surface area contributed by atoms with Crippen LogP contribution in [0.4, 0.5) is 0 Å². The lowest BCUT2D eigenvalue weighted by molar-refractivity contribution is -0.132. The summed E-state index contributed by atoms with van der Waals surface area (Å²) in [5.41, 5.74) is 1.34. The van der Waals surface area contributed by atoms with E-state index in [-0.39, 0.29) is 0 Å². The van der Waals surface area contributed by atoms with Gasteiger partial charge in [-0.25, -0.2) is 0 Å². The van der Waals surface area contributed by atoms with E-state index in [0.717, 1.165) is 57.4 Å². The van der Waals surface area contributed by atoms with Crippen LogP contribution in [0, 0.1) is 0 Å². The fraction of sp³-hybridized carbons (Fsp3) is 0.632. The van der Waals surface area contributed by atoms with Crippen molar-refractivity contribution in [2.45, 2.75) is 51.0 Å². The second kappa shape index (κ2) is 9.56. The molecule has 1 fully saturated rings. The van der Waals surface area contributed by atoms with E-state index in [9.17, 15) is 4.79 Å². The number of unbranched alkanes of at least 4 members (excludes halogenated alkanes) is 2. The van der Waals surface area contributed by atoms with Gasteiger partial charge in [0, 0.05) is 25.6 Å². The molecule has 1 aliphatic rings. The number of amides is 1. The highest BCUT2D eigenvalue weighted by molar-refractivity contribution is 5.76. The number of methoxy groups -OCH3 is 1. The van der Waals surface area contributed by atoms with Gasteiger partial charge in [0.25, 0.3) is 0 Å². The van der Waals surface area contributed by atoms with Gasteiger partial charge in [-0.15, -0.1) is 0 Å². The number of benzene rings is 1. The molecule has 4 heteroatoms. The lowest BCUT2D eigenvalue weighted by Gasteiger charge is -2.31. The van der Waals surface area contributed by atoms with Crippen molar-refractivity contribution in [2.24, 2.45) is 0 Å². The van der Waals surface area contributed by atoms with E-state index >= 15 is 0 Å². The number of nitrogens with one attached hydrogen (secondary N) is 1. The van der Waals surface area contributed by atoms with Gasteiger partial charge in [-0.2, -0.15) is 0 Å². The van der Waals surface area contributed by atoms with Crippen LogP contribution < -0.4 is 10.1 Å². The third-order valence-electron chi connectivity index (χ3n) is 4.77. The zero-order valence-corrected chi connectivity index (χ0v) is 14.5. The topological polar surface area (TPSA) is 41.6 Å². The first-order chi connectivity index (χ1) is 11.2. The molecular weight excluding hydrogens is 288 g/mol. The predicted octanol–water partition coefficient (Wildman–Crippen LogP) is 3.01. The molecule has 0 aromatic heterocycles. The Labute approximate surface area is 140 Å². The number of carbonyl (C=O) groups excluding carboxylic acids is 1. The summed E-state index contributed by atoms with van der Waals surface area (Å²) in [5.74, 6) is 1.24. The average Bonchev–Trinajstić information content (AvgIpc) is 2.62. The molecule has 23 heavy (non-hydrogen) atoms. The zero-order chi connectivity index (χ0) is 16.5. The average molecular weight is 318 g/mol. The minimum Gasteiger partial charge on any atom is -0.497 e. The van der Waals surface area contributed by atoms with Crippen LogP contribution in [-0.2, 0) is 11.2 Å². The maximum absolute atomic E-state index is 12.2. The van der Waals surface area contributed by atoms with Crippen molar-refractivity contribution >= 4 is 5.91 Å². The standard InChI is InChI=1S/C19H30N2O2/c1-20-17-12-14-21(15-13-17)19(22)7-5-3-4-6-16-8-10-18(23-2)11-9-16/h8-11,17,20H,3-7,12-15H2,1-2H3. The summed E-state index contributed by atoms with van der Waals surface area (Å²) in [6.45, 7) is 1.83. The van der Waals surface area contributed by atoms with Crippen LogP contribution in [0.5, 0.6) is 5.75 Å². The Hall–Kier alpha value is -1.55. The third-order valence-corrected chi connectivity index (χ3v) is 4.77. The van der Waals surface area contributed by atoms with Gasteiger partial charge in [0.1, 0.15) is 5.75 Å². The summed E-state index contributed by atoms with van der Waals surface area (Å²) in [5, 5.41) is 3.30. The molecule has 0 saturated carbocycles. The Kier molecular flexibility index (Phi) is 7.40. The molecule has 0 atom stereocenters. The fourth-order valence-corrected chi connectivity index (χ4v) is 3.15. The van der Waals surface area contributed by atoms with Crippen LogP contribution >= 0.6 is 0 Å². The molecular formula is C19H30N2O2. The summed E-state index contributed by atoms with van der Waals surface area (Å²) in [4.78, 5) is 14.2. The second-order valence-electron chi connectivity index (χ2n) is 6.35. The lowest BCUT2D eigenvalue weighted by Crippen LogP contribution is -2.43. The summed E-state index contributed by atoms with van der Waals surface area (Å²) in [6.07, 6.45) is 7.20. The van der Waals surface area contributed by atoms with Crippen LogP contribution in [0.15, 0.2) is 24.3 Å². The Bertz CT molecular complexity index is 465. The first kappa shape index (κ1) is 17.8. The Morgan fingerprint density at radius 1 is 1.17 bits per heavy atom. The number of piperidine rings is 1. The van der Waals surface area contributed by atoms with Gasteiger partial charge in [0.05, 0.1) is 7.11 Å². The molecule has 1 aromatic rings. The molecule has 0 unspecified atom stereocenters. The summed E-state index contributed by atoms with van der Waals surface area (Å²) >= 11 is 0. The Balaban J connectivity index is 1.57. The lowest BCUT2D eigenvalue weighted by atomic mass is 10.0. The number of hydrogen-bond acceptors (Lipinski definition) is 3. The van der Waals surface area contributed by atoms with Crippen LogP contribution in [-0.4, -0.2) is 44.1 Å². The zero-order valence-electron chi connectivity index (χ0n) is 14.5. The Morgan fingerprint density at radius 3 is 2.48 bits per heavy atom. The molecule has 1 heterocycles. The minimum absolute atomic E-state index is 0.337. The van der Waals surface area contributed by atoms with Crippen molar-refractivity contribution in [2.75, 3.05) is 27.2 Å². The number of hydrogen-bond donors (Lipinski definition) is 1. The van der Waals surface area contributed by atoms with Crippen molar-refractivity contribution < 1.29 is 9.53 Å². The predicted molar refractivity (Wildman–Crippen MR) is 93.8 cm³/mol. The van der Waals surface area contributed by atoms with E-state index in [1.807, 2.05) is 24.1 Å². The normalized spacial score (nSPS) is 15.7. The molecule has 1 saturated heterocycles. The van der Waals surface area contributed by atoms with Crippen molar-refractivity contribution in [3.63, 3.8) is 0 Å². The fourth-order valence-electron chi connectivity index (χ4n) is 3.15. The molecule has 1 aliphatic heterocycles. The molecule has 0 bridgehead atoms. The van der Waals surface area contributed by atoms with E-state index in [2.05, 4.69) is 17.4 Å². The monoisotopic (exact) mass is 318 g/mol. The highest BCUT2D eigenvalue weighted by Gasteiger charge is 2.20. The maximum atomic E-state index is 12.2. The number of carbonyl (C=O) groups is 1. The van der Waals surface area contributed by atoms with Gasteiger partial charge >= 0.3 is 0 Å². The molecule has 1 amide bonds. The highest BCUT2D eigenvalue weighted by atomic mass is 16.5. The van der Waals surface area contributed by atoms with E-state index in [1.165, 1.54) is 5.56 Å². The SMILES string of the molecule is CNC1CCN(C(=O)CCCCCc2ccc(OC)cc2)CC1. The van der Waals surface area contributed by atoms with E-state index < -0.39 is 0 Å². The van der Waals surface area contributed by atoms with Crippen LogP contribution in [0.1, 0.15) is 44.1 Å². The van der Waals surface area contributed by atoms with Gasteiger partial charge in [0.2, 0.25) is 5.91 Å². The molecule has 0 radical (unpaired) electrons. The quantitative estimate of drug-likeness (QED) is 0.749. The smallest absolute Gasteiger partial charge is 0.222 e. The van der Waals surface area contributed by atoms with Gasteiger partial charge in [-0.1, -0.05) is 18.6 Å². The van der Waals surface area contributed by atoms with Crippen LogP contribution in [0.3, 0.4) is 0 Å². The first-order valence-electron chi connectivity index (χ1n) is 8.81. The highest BCUT2D eigenvalue weighted by Crippen LogP contribution is 2.15. The summed E-state index contributed by atoms with van der Waals surface area (Å²) in [6, 6.07) is 8.84. The number of likely N-dealkylation sites (tertiary alicyclic amines) is 1. The number of nitrogens with zero attached hydrogens (tertiary/aromatic N) is 1. The molecule has 0 spiro atoms. The van der Waals surface area contributed by atoms with Gasteiger partial charge in [-0.05, 0) is 56.8 Å². The van der Waals surface area contributed by atoms with Crippen molar-refractivity contribution in [3.8, 4) is 5.75 Å². The van der Waals surface area contributed by atoms with E-state index in [1.54, 1.807) is 7.11 Å². The third kappa shape index (κ3) is 5.87. The van der Waals surface area contributed by atoms with E-state index in [0.29, 0.717) is 18.4 Å². The Morgan fingerprint density at radius 2 is 1.87 bits per heavy atom. The second-order valence-corrected chi connectivity index (χ2v) is 6.35. The van der Waals surface area contributed by atoms with Crippen LogP contribution in [0.2, 0.25) is 0 Å².